The molecule has 2 aromatic carbocycles. The molecule has 0 atom stereocenters. The highest BCUT2D eigenvalue weighted by Gasteiger charge is 2.27. The van der Waals surface area contributed by atoms with Crippen LogP contribution >= 0.6 is 11.3 Å². The smallest absolute Gasteiger partial charge is 0.253 e. The first-order valence-corrected chi connectivity index (χ1v) is 12.3. The quantitative estimate of drug-likeness (QED) is 0.537. The molecule has 0 spiro atoms. The number of rotatable bonds is 6. The first-order chi connectivity index (χ1) is 15.7. The molecule has 0 bridgehead atoms. The summed E-state index contributed by atoms with van der Waals surface area (Å²) < 4.78 is 5.87. The molecular weight excluding hydrogens is 418 g/mol. The molecule has 1 fully saturated rings. The number of carbonyl (C=O) groups excluding carboxylic acids is 1. The van der Waals surface area contributed by atoms with Crippen molar-refractivity contribution in [2.24, 2.45) is 5.92 Å². The number of aromatic nitrogens is 1. The van der Waals surface area contributed by atoms with Crippen LogP contribution in [0.3, 0.4) is 0 Å². The monoisotopic (exact) mass is 447 g/mol. The molecule has 3 heterocycles. The lowest BCUT2D eigenvalue weighted by atomic mass is 9.95. The van der Waals surface area contributed by atoms with Gasteiger partial charge in [0.1, 0.15) is 12.4 Å². The minimum atomic E-state index is 0.102. The minimum absolute atomic E-state index is 0.102. The number of thiazole rings is 1. The first-order valence-electron chi connectivity index (χ1n) is 11.4. The molecule has 6 heteroatoms. The van der Waals surface area contributed by atoms with Crippen LogP contribution in [0.4, 0.5) is 5.69 Å². The summed E-state index contributed by atoms with van der Waals surface area (Å²) in [7, 11) is 0. The maximum Gasteiger partial charge on any atom is 0.253 e. The summed E-state index contributed by atoms with van der Waals surface area (Å²) in [6.45, 7) is 6.27. The number of amides is 1. The molecule has 0 radical (unpaired) electrons. The highest BCUT2D eigenvalue weighted by atomic mass is 32.1. The number of nitrogens with zero attached hydrogens (tertiary/aromatic N) is 3. The molecule has 2 aliphatic heterocycles. The van der Waals surface area contributed by atoms with E-state index in [1.165, 1.54) is 11.3 Å². The van der Waals surface area contributed by atoms with E-state index in [0.29, 0.717) is 23.8 Å². The molecule has 32 heavy (non-hydrogen) atoms. The normalized spacial score (nSPS) is 16.3. The number of hydrogen-bond donors (Lipinski definition) is 0. The van der Waals surface area contributed by atoms with Crippen molar-refractivity contribution in [1.82, 2.24) is 9.88 Å². The maximum absolute atomic E-state index is 13.1. The standard InChI is InChI=1S/C26H29N3O2S/c1-19-27-23(18-32-19)17-31-24-7-4-6-22(15-24)26(30)28-12-9-20(10-13-28)16-29-14-11-21-5-2-3-8-25(21)29/h2-8,15,18,20H,9-14,16-17H2,1H3. The predicted molar refractivity (Wildman–Crippen MR) is 129 cm³/mol. The van der Waals surface area contributed by atoms with Gasteiger partial charge in [-0.25, -0.2) is 4.98 Å². The van der Waals surface area contributed by atoms with E-state index >= 15 is 0 Å². The lowest BCUT2D eigenvalue weighted by Crippen LogP contribution is -2.41. The summed E-state index contributed by atoms with van der Waals surface area (Å²) in [6, 6.07) is 16.3. The van der Waals surface area contributed by atoms with Gasteiger partial charge in [-0.2, -0.15) is 0 Å². The summed E-state index contributed by atoms with van der Waals surface area (Å²) in [5.74, 6) is 1.45. The van der Waals surface area contributed by atoms with E-state index in [9.17, 15) is 4.79 Å². The van der Waals surface area contributed by atoms with Gasteiger partial charge in [0.25, 0.3) is 5.91 Å². The van der Waals surface area contributed by atoms with E-state index in [2.05, 4.69) is 34.1 Å². The second kappa shape index (κ2) is 9.33. The van der Waals surface area contributed by atoms with Crippen LogP contribution in [0.1, 0.15) is 39.5 Å². The number of ether oxygens (including phenoxy) is 1. The predicted octanol–water partition coefficient (Wildman–Crippen LogP) is 4.95. The summed E-state index contributed by atoms with van der Waals surface area (Å²) in [6.07, 6.45) is 3.27. The van der Waals surface area contributed by atoms with Gasteiger partial charge >= 0.3 is 0 Å². The minimum Gasteiger partial charge on any atom is -0.487 e. The number of aryl methyl sites for hydroxylation is 1. The zero-order valence-corrected chi connectivity index (χ0v) is 19.3. The summed E-state index contributed by atoms with van der Waals surface area (Å²) in [5, 5.41) is 3.04. The topological polar surface area (TPSA) is 45.7 Å². The molecule has 5 nitrogen and oxygen atoms in total. The molecule has 0 saturated carbocycles. The second-order valence-corrected chi connectivity index (χ2v) is 9.80. The van der Waals surface area contributed by atoms with Crippen molar-refractivity contribution in [3.63, 3.8) is 0 Å². The average molecular weight is 448 g/mol. The summed E-state index contributed by atoms with van der Waals surface area (Å²) >= 11 is 1.62. The molecule has 0 N–H and O–H groups in total. The van der Waals surface area contributed by atoms with Gasteiger partial charge in [0.2, 0.25) is 0 Å². The Bertz CT molecular complexity index is 1090. The van der Waals surface area contributed by atoms with Crippen molar-refractivity contribution in [2.75, 3.05) is 31.1 Å². The van der Waals surface area contributed by atoms with E-state index in [-0.39, 0.29) is 5.91 Å². The Kier molecular flexibility index (Phi) is 6.12. The SMILES string of the molecule is Cc1nc(COc2cccc(C(=O)N3CCC(CN4CCc5ccccc54)CC3)c2)cs1. The number of hydrogen-bond acceptors (Lipinski definition) is 5. The van der Waals surface area contributed by atoms with Crippen LogP contribution in [0.15, 0.2) is 53.9 Å². The first kappa shape index (κ1) is 21.0. The zero-order chi connectivity index (χ0) is 21.9. The van der Waals surface area contributed by atoms with Crippen molar-refractivity contribution in [2.45, 2.75) is 32.8 Å². The summed E-state index contributed by atoms with van der Waals surface area (Å²) in [4.78, 5) is 22.0. The van der Waals surface area contributed by atoms with Crippen molar-refractivity contribution in [3.05, 3.63) is 75.7 Å². The Labute approximate surface area is 193 Å². The van der Waals surface area contributed by atoms with Gasteiger partial charge in [-0.1, -0.05) is 24.3 Å². The van der Waals surface area contributed by atoms with Crippen LogP contribution in [0, 0.1) is 12.8 Å². The zero-order valence-electron chi connectivity index (χ0n) is 18.5. The average Bonchev–Trinajstić information content (AvgIpc) is 3.44. The molecule has 1 saturated heterocycles. The van der Waals surface area contributed by atoms with Crippen LogP contribution in [-0.2, 0) is 13.0 Å². The number of para-hydroxylation sites is 1. The van der Waals surface area contributed by atoms with Crippen LogP contribution in [0.25, 0.3) is 0 Å². The van der Waals surface area contributed by atoms with Gasteiger partial charge in [-0.3, -0.25) is 4.79 Å². The van der Waals surface area contributed by atoms with Gasteiger partial charge in [0, 0.05) is 42.8 Å². The van der Waals surface area contributed by atoms with Crippen molar-refractivity contribution >= 4 is 22.9 Å². The van der Waals surface area contributed by atoms with Gasteiger partial charge in [0.15, 0.2) is 0 Å². The van der Waals surface area contributed by atoms with E-state index in [1.54, 1.807) is 11.3 Å². The fourth-order valence-electron chi connectivity index (χ4n) is 4.76. The number of carbonyl (C=O) groups is 1. The molecule has 0 unspecified atom stereocenters. The lowest BCUT2D eigenvalue weighted by molar-refractivity contribution is 0.0692. The van der Waals surface area contributed by atoms with E-state index in [4.69, 9.17) is 4.74 Å². The van der Waals surface area contributed by atoms with Crippen LogP contribution in [-0.4, -0.2) is 42.0 Å². The summed E-state index contributed by atoms with van der Waals surface area (Å²) in [5.41, 5.74) is 4.48. The number of anilines is 1. The molecule has 166 valence electrons. The number of benzene rings is 2. The third kappa shape index (κ3) is 4.65. The molecule has 2 aliphatic rings. The molecule has 1 amide bonds. The van der Waals surface area contributed by atoms with E-state index < -0.39 is 0 Å². The van der Waals surface area contributed by atoms with E-state index in [0.717, 1.165) is 56.1 Å². The number of piperidine rings is 1. The number of fused-ring (bicyclic) bond motifs is 1. The van der Waals surface area contributed by atoms with Crippen LogP contribution in [0.5, 0.6) is 5.75 Å². The van der Waals surface area contributed by atoms with Gasteiger partial charge in [-0.05, 0) is 61.9 Å². The van der Waals surface area contributed by atoms with E-state index in [1.807, 2.05) is 41.5 Å². The van der Waals surface area contributed by atoms with Crippen molar-refractivity contribution < 1.29 is 9.53 Å². The second-order valence-electron chi connectivity index (χ2n) is 8.73. The third-order valence-electron chi connectivity index (χ3n) is 6.50. The third-order valence-corrected chi connectivity index (χ3v) is 7.32. The molecule has 1 aromatic heterocycles. The largest absolute Gasteiger partial charge is 0.487 e. The molecule has 3 aromatic rings. The van der Waals surface area contributed by atoms with Crippen LogP contribution < -0.4 is 9.64 Å². The van der Waals surface area contributed by atoms with Gasteiger partial charge in [0.05, 0.1) is 10.7 Å². The molecule has 0 aliphatic carbocycles. The fraction of sp³-hybridized carbons (Fsp3) is 0.385. The Morgan fingerprint density at radius 1 is 1.12 bits per heavy atom. The van der Waals surface area contributed by atoms with Gasteiger partial charge in [-0.15, -0.1) is 11.3 Å². The van der Waals surface area contributed by atoms with Crippen molar-refractivity contribution in [1.29, 1.82) is 0 Å². The van der Waals surface area contributed by atoms with Crippen LogP contribution in [0.2, 0.25) is 0 Å². The molecular formula is C26H29N3O2S. The lowest BCUT2D eigenvalue weighted by Gasteiger charge is -2.34. The number of likely N-dealkylation sites (tertiary alicyclic amines) is 1. The van der Waals surface area contributed by atoms with Gasteiger partial charge < -0.3 is 14.5 Å². The highest BCUT2D eigenvalue weighted by Crippen LogP contribution is 2.30. The Morgan fingerprint density at radius 2 is 1.97 bits per heavy atom. The highest BCUT2D eigenvalue weighted by molar-refractivity contribution is 7.09. The Morgan fingerprint density at radius 3 is 2.78 bits per heavy atom. The maximum atomic E-state index is 13.1. The molecule has 5 rings (SSSR count). The Balaban J connectivity index is 1.14. The Hall–Kier alpha value is -2.86. The van der Waals surface area contributed by atoms with Crippen molar-refractivity contribution in [3.8, 4) is 5.75 Å². The fourth-order valence-corrected chi connectivity index (χ4v) is 5.36.